The van der Waals surface area contributed by atoms with Gasteiger partial charge in [-0.1, -0.05) is 31.0 Å². The molecule has 3 rings (SSSR count). The first-order chi connectivity index (χ1) is 10.7. The van der Waals surface area contributed by atoms with Crippen LogP contribution < -0.4 is 10.2 Å². The number of hydrogen-bond donors (Lipinski definition) is 1. The molecule has 2 aliphatic rings. The lowest BCUT2D eigenvalue weighted by Crippen LogP contribution is -2.54. The number of rotatable bonds is 4. The fraction of sp³-hybridized carbons (Fsp3) is 0.611. The van der Waals surface area contributed by atoms with Gasteiger partial charge < -0.3 is 10.2 Å². The maximum Gasteiger partial charge on any atom is 0.237 e. The lowest BCUT2D eigenvalue weighted by molar-refractivity contribution is -0.126. The van der Waals surface area contributed by atoms with Gasteiger partial charge in [-0.05, 0) is 31.9 Å². The molecular formula is C18H27N3O. The first-order valence-electron chi connectivity index (χ1n) is 8.58. The lowest BCUT2D eigenvalue weighted by Gasteiger charge is -2.38. The van der Waals surface area contributed by atoms with Gasteiger partial charge in [-0.3, -0.25) is 9.69 Å². The summed E-state index contributed by atoms with van der Waals surface area (Å²) in [5, 5.41) is 3.22. The Bertz CT molecular complexity index is 476. The smallest absolute Gasteiger partial charge is 0.237 e. The summed E-state index contributed by atoms with van der Waals surface area (Å²) in [6, 6.07) is 10.9. The molecule has 1 atom stereocenters. The summed E-state index contributed by atoms with van der Waals surface area (Å²) in [5.41, 5.74) is 1.28. The molecule has 120 valence electrons. The Kier molecular flexibility index (Phi) is 4.98. The lowest BCUT2D eigenvalue weighted by atomic mass is 10.1. The molecule has 2 fully saturated rings. The van der Waals surface area contributed by atoms with Crippen molar-refractivity contribution in [2.24, 2.45) is 0 Å². The van der Waals surface area contributed by atoms with E-state index in [-0.39, 0.29) is 11.9 Å². The quantitative estimate of drug-likeness (QED) is 0.926. The molecule has 0 aromatic heterocycles. The van der Waals surface area contributed by atoms with E-state index >= 15 is 0 Å². The minimum atomic E-state index is -0.0153. The van der Waals surface area contributed by atoms with Gasteiger partial charge in [0.25, 0.3) is 0 Å². The molecule has 0 radical (unpaired) electrons. The predicted molar refractivity (Wildman–Crippen MR) is 90.1 cm³/mol. The SMILES string of the molecule is CC(C(=O)NC1CCCC1)N1CCN(c2ccccc2)CC1. The number of amides is 1. The third kappa shape index (κ3) is 3.61. The Morgan fingerprint density at radius 1 is 1.09 bits per heavy atom. The largest absolute Gasteiger partial charge is 0.369 e. The average molecular weight is 301 g/mol. The fourth-order valence-electron chi connectivity index (χ4n) is 3.56. The number of carbonyl (C=O) groups excluding carboxylic acids is 1. The number of carbonyl (C=O) groups is 1. The molecule has 1 unspecified atom stereocenters. The van der Waals surface area contributed by atoms with Crippen LogP contribution in [-0.2, 0) is 4.79 Å². The summed E-state index contributed by atoms with van der Waals surface area (Å²) in [4.78, 5) is 17.1. The third-order valence-electron chi connectivity index (χ3n) is 5.06. The van der Waals surface area contributed by atoms with Crippen LogP contribution in [0.5, 0.6) is 0 Å². The first-order valence-corrected chi connectivity index (χ1v) is 8.58. The maximum atomic E-state index is 12.4. The molecule has 1 saturated heterocycles. The summed E-state index contributed by atoms with van der Waals surface area (Å²) in [7, 11) is 0. The zero-order valence-corrected chi connectivity index (χ0v) is 13.5. The molecule has 4 heteroatoms. The van der Waals surface area contributed by atoms with E-state index in [1.807, 2.05) is 6.92 Å². The molecule has 0 spiro atoms. The van der Waals surface area contributed by atoms with Crippen molar-refractivity contribution in [2.45, 2.75) is 44.7 Å². The number of piperazine rings is 1. The Hall–Kier alpha value is -1.55. The summed E-state index contributed by atoms with van der Waals surface area (Å²) < 4.78 is 0. The van der Waals surface area contributed by atoms with Gasteiger partial charge in [0.15, 0.2) is 0 Å². The monoisotopic (exact) mass is 301 g/mol. The average Bonchev–Trinajstić information content (AvgIpc) is 3.08. The second kappa shape index (κ2) is 7.14. The topological polar surface area (TPSA) is 35.6 Å². The van der Waals surface area contributed by atoms with Crippen LogP contribution in [0.2, 0.25) is 0 Å². The molecular weight excluding hydrogens is 274 g/mol. The molecule has 1 aliphatic carbocycles. The number of nitrogens with one attached hydrogen (secondary N) is 1. The second-order valence-corrected chi connectivity index (χ2v) is 6.52. The molecule has 1 aromatic rings. The Morgan fingerprint density at radius 2 is 1.73 bits per heavy atom. The molecule has 1 amide bonds. The highest BCUT2D eigenvalue weighted by atomic mass is 16.2. The van der Waals surface area contributed by atoms with Gasteiger partial charge in [0.05, 0.1) is 6.04 Å². The van der Waals surface area contributed by atoms with Crippen molar-refractivity contribution in [3.05, 3.63) is 30.3 Å². The first kappa shape index (κ1) is 15.3. The van der Waals surface area contributed by atoms with E-state index in [0.717, 1.165) is 39.0 Å². The predicted octanol–water partition coefficient (Wildman–Crippen LogP) is 2.26. The van der Waals surface area contributed by atoms with Gasteiger partial charge in [-0.2, -0.15) is 0 Å². The highest BCUT2D eigenvalue weighted by Crippen LogP contribution is 2.19. The van der Waals surface area contributed by atoms with E-state index in [1.165, 1.54) is 18.5 Å². The van der Waals surface area contributed by atoms with Crippen LogP contribution in [0.15, 0.2) is 30.3 Å². The van der Waals surface area contributed by atoms with Crippen molar-refractivity contribution >= 4 is 11.6 Å². The van der Waals surface area contributed by atoms with Crippen LogP contribution in [-0.4, -0.2) is 49.1 Å². The van der Waals surface area contributed by atoms with Gasteiger partial charge in [0.2, 0.25) is 5.91 Å². The van der Waals surface area contributed by atoms with E-state index in [9.17, 15) is 4.79 Å². The highest BCUT2D eigenvalue weighted by molar-refractivity contribution is 5.81. The summed E-state index contributed by atoms with van der Waals surface area (Å²) >= 11 is 0. The van der Waals surface area contributed by atoms with Crippen molar-refractivity contribution in [3.63, 3.8) is 0 Å². The van der Waals surface area contributed by atoms with Crippen LogP contribution in [0.3, 0.4) is 0 Å². The zero-order chi connectivity index (χ0) is 15.4. The van der Waals surface area contributed by atoms with Crippen LogP contribution in [0, 0.1) is 0 Å². The Labute approximate surface area is 133 Å². The van der Waals surface area contributed by atoms with Crippen LogP contribution in [0.25, 0.3) is 0 Å². The molecule has 1 N–H and O–H groups in total. The molecule has 4 nitrogen and oxygen atoms in total. The number of hydrogen-bond acceptors (Lipinski definition) is 3. The summed E-state index contributed by atoms with van der Waals surface area (Å²) in [6.07, 6.45) is 4.82. The number of para-hydroxylation sites is 1. The normalized spacial score (nSPS) is 21.8. The van der Waals surface area contributed by atoms with E-state index in [2.05, 4.69) is 45.4 Å². The minimum Gasteiger partial charge on any atom is -0.369 e. The number of benzene rings is 1. The summed E-state index contributed by atoms with van der Waals surface area (Å²) in [6.45, 7) is 5.93. The standard InChI is InChI=1S/C18H27N3O/c1-15(18(22)19-16-7-5-6-8-16)20-11-13-21(14-12-20)17-9-3-2-4-10-17/h2-4,9-10,15-16H,5-8,11-14H2,1H3,(H,19,22). The van der Waals surface area contributed by atoms with Crippen molar-refractivity contribution < 1.29 is 4.79 Å². The second-order valence-electron chi connectivity index (χ2n) is 6.52. The highest BCUT2D eigenvalue weighted by Gasteiger charge is 2.27. The van der Waals surface area contributed by atoms with Crippen LogP contribution in [0.4, 0.5) is 5.69 Å². The van der Waals surface area contributed by atoms with Crippen molar-refractivity contribution in [3.8, 4) is 0 Å². The van der Waals surface area contributed by atoms with Gasteiger partial charge in [0, 0.05) is 37.9 Å². The van der Waals surface area contributed by atoms with Gasteiger partial charge in [0.1, 0.15) is 0 Å². The molecule has 1 aromatic carbocycles. The Morgan fingerprint density at radius 3 is 2.36 bits per heavy atom. The molecule has 1 aliphatic heterocycles. The molecule has 22 heavy (non-hydrogen) atoms. The fourth-order valence-corrected chi connectivity index (χ4v) is 3.56. The van der Waals surface area contributed by atoms with Crippen molar-refractivity contribution in [2.75, 3.05) is 31.1 Å². The Balaban J connectivity index is 1.49. The maximum absolute atomic E-state index is 12.4. The minimum absolute atomic E-state index is 0.0153. The zero-order valence-electron chi connectivity index (χ0n) is 13.5. The third-order valence-corrected chi connectivity index (χ3v) is 5.06. The number of anilines is 1. The van der Waals surface area contributed by atoms with E-state index < -0.39 is 0 Å². The van der Waals surface area contributed by atoms with Gasteiger partial charge in [-0.15, -0.1) is 0 Å². The van der Waals surface area contributed by atoms with E-state index in [4.69, 9.17) is 0 Å². The molecule has 0 bridgehead atoms. The van der Waals surface area contributed by atoms with Crippen molar-refractivity contribution in [1.29, 1.82) is 0 Å². The van der Waals surface area contributed by atoms with Gasteiger partial charge >= 0.3 is 0 Å². The van der Waals surface area contributed by atoms with Crippen molar-refractivity contribution in [1.82, 2.24) is 10.2 Å². The molecule has 1 saturated carbocycles. The molecule has 1 heterocycles. The number of nitrogens with zero attached hydrogens (tertiary/aromatic N) is 2. The summed E-state index contributed by atoms with van der Waals surface area (Å²) in [5.74, 6) is 0.208. The van der Waals surface area contributed by atoms with Crippen LogP contribution in [0.1, 0.15) is 32.6 Å². The van der Waals surface area contributed by atoms with E-state index in [1.54, 1.807) is 0 Å². The van der Waals surface area contributed by atoms with Crippen LogP contribution >= 0.6 is 0 Å². The van der Waals surface area contributed by atoms with Gasteiger partial charge in [-0.25, -0.2) is 0 Å². The van der Waals surface area contributed by atoms with E-state index in [0.29, 0.717) is 6.04 Å².